The van der Waals surface area contributed by atoms with Gasteiger partial charge in [0, 0.05) is 20.8 Å². The number of carbonyl (C=O) groups excluding carboxylic acids is 2. The molecule has 0 unspecified atom stereocenters. The van der Waals surface area contributed by atoms with Gasteiger partial charge in [0.05, 0.1) is 32.6 Å². The molecule has 0 saturated heterocycles. The van der Waals surface area contributed by atoms with E-state index in [1.54, 1.807) is 24.3 Å². The molecule has 0 atom stereocenters. The molecule has 1 N–H and O–H groups in total. The lowest BCUT2D eigenvalue weighted by atomic mass is 10.0. The van der Waals surface area contributed by atoms with Crippen LogP contribution in [-0.2, 0) is 0 Å². The number of hydrogen-bond donors (Lipinski definition) is 1. The summed E-state index contributed by atoms with van der Waals surface area (Å²) in [5.74, 6) is 1.23. The van der Waals surface area contributed by atoms with Crippen LogP contribution < -0.4 is 29.0 Å². The summed E-state index contributed by atoms with van der Waals surface area (Å²) in [7, 11) is 4.42. The van der Waals surface area contributed by atoms with Gasteiger partial charge in [-0.25, -0.2) is 0 Å². The highest BCUT2D eigenvalue weighted by Crippen LogP contribution is 2.40. The van der Waals surface area contributed by atoms with Gasteiger partial charge >= 0.3 is 0 Å². The minimum absolute atomic E-state index is 0.248. The second kappa shape index (κ2) is 10.2. The Balaban J connectivity index is 1.76. The van der Waals surface area contributed by atoms with Crippen molar-refractivity contribution in [3.8, 4) is 28.7 Å². The van der Waals surface area contributed by atoms with E-state index in [0.29, 0.717) is 53.2 Å². The molecule has 176 valence electrons. The predicted molar refractivity (Wildman–Crippen MR) is 134 cm³/mol. The molecule has 0 radical (unpaired) electrons. The van der Waals surface area contributed by atoms with Crippen molar-refractivity contribution in [2.75, 3.05) is 39.9 Å². The Kier molecular flexibility index (Phi) is 7.11. The van der Waals surface area contributed by atoms with Crippen molar-refractivity contribution in [1.29, 1.82) is 0 Å². The van der Waals surface area contributed by atoms with Crippen molar-refractivity contribution in [1.82, 2.24) is 0 Å². The summed E-state index contributed by atoms with van der Waals surface area (Å²) in [6, 6.07) is 13.5. The van der Waals surface area contributed by atoms with Crippen LogP contribution in [0.25, 0.3) is 0 Å². The number of hydrogen-bond acceptors (Lipinski definition) is 7. The van der Waals surface area contributed by atoms with Crippen molar-refractivity contribution in [2.45, 2.75) is 0 Å². The average molecular weight is 575 g/mol. The van der Waals surface area contributed by atoms with Gasteiger partial charge < -0.3 is 29.0 Å². The third-order valence-corrected chi connectivity index (χ3v) is 6.16. The van der Waals surface area contributed by atoms with Gasteiger partial charge in [0.2, 0.25) is 5.75 Å². The summed E-state index contributed by atoms with van der Waals surface area (Å²) in [5.41, 5.74) is 1.36. The largest absolute Gasteiger partial charge is 0.493 e. The van der Waals surface area contributed by atoms with Gasteiger partial charge in [0.25, 0.3) is 5.91 Å². The van der Waals surface area contributed by atoms with Crippen molar-refractivity contribution < 1.29 is 33.3 Å². The summed E-state index contributed by atoms with van der Waals surface area (Å²) in [6.45, 7) is 0.748. The number of carbonyl (C=O) groups is 2. The van der Waals surface area contributed by atoms with E-state index < -0.39 is 5.91 Å². The monoisotopic (exact) mass is 575 g/mol. The molecule has 3 aromatic rings. The Morgan fingerprint density at radius 1 is 0.853 bits per heavy atom. The zero-order valence-electron chi connectivity index (χ0n) is 18.8. The second-order valence-corrected chi connectivity index (χ2v) is 8.38. The maximum atomic E-state index is 13.5. The van der Waals surface area contributed by atoms with Crippen LogP contribution in [0.4, 0.5) is 5.69 Å². The van der Waals surface area contributed by atoms with Crippen LogP contribution in [0, 0.1) is 3.57 Å². The Labute approximate surface area is 210 Å². The van der Waals surface area contributed by atoms with Crippen LogP contribution in [0.5, 0.6) is 28.7 Å². The first-order valence-corrected chi connectivity index (χ1v) is 11.4. The number of rotatable bonds is 7. The minimum Gasteiger partial charge on any atom is -0.493 e. The quantitative estimate of drug-likeness (QED) is 0.326. The fourth-order valence-corrected chi connectivity index (χ4v) is 4.21. The van der Waals surface area contributed by atoms with Gasteiger partial charge in [-0.05, 0) is 52.9 Å². The lowest BCUT2D eigenvalue weighted by molar-refractivity contribution is 0.102. The van der Waals surface area contributed by atoms with Crippen molar-refractivity contribution >= 4 is 40.0 Å². The van der Waals surface area contributed by atoms with Crippen molar-refractivity contribution in [2.24, 2.45) is 0 Å². The molecule has 0 aromatic heterocycles. The lowest BCUT2D eigenvalue weighted by Crippen LogP contribution is -2.19. The number of anilines is 1. The third kappa shape index (κ3) is 4.60. The highest BCUT2D eigenvalue weighted by atomic mass is 127. The molecule has 0 bridgehead atoms. The Bertz CT molecular complexity index is 1230. The normalized spacial score (nSPS) is 12.0. The van der Waals surface area contributed by atoms with E-state index in [9.17, 15) is 9.59 Å². The highest BCUT2D eigenvalue weighted by molar-refractivity contribution is 14.1. The summed E-state index contributed by atoms with van der Waals surface area (Å²) >= 11 is 2.11. The van der Waals surface area contributed by atoms with Crippen molar-refractivity contribution in [3.05, 3.63) is 68.8 Å². The van der Waals surface area contributed by atoms with Gasteiger partial charge in [-0.1, -0.05) is 12.1 Å². The standard InChI is InChI=1S/C25H22INO7/c1-30-21-10-14(11-22(31-2)24(21)32-3)25(29)27-18-13-20-19(33-8-9-34-20)12-16(18)23(28)15-6-4-5-7-17(15)26/h4-7,10-13H,8-9H2,1-3H3,(H,27,29). The SMILES string of the molecule is COc1cc(C(=O)Nc2cc3c(cc2C(=O)c2ccccc2I)OCCO3)cc(OC)c1OC. The molecule has 8 nitrogen and oxygen atoms in total. The molecule has 3 aromatic carbocycles. The summed E-state index contributed by atoms with van der Waals surface area (Å²) in [5, 5.41) is 2.84. The number of fused-ring (bicyclic) bond motifs is 1. The average Bonchev–Trinajstić information content (AvgIpc) is 2.87. The minimum atomic E-state index is -0.465. The zero-order valence-corrected chi connectivity index (χ0v) is 20.9. The molecule has 1 aliphatic heterocycles. The van der Waals surface area contributed by atoms with Crippen LogP contribution in [0.15, 0.2) is 48.5 Å². The Hall–Kier alpha value is -3.47. The van der Waals surface area contributed by atoms with Gasteiger partial charge in [-0.15, -0.1) is 0 Å². The van der Waals surface area contributed by atoms with E-state index in [0.717, 1.165) is 3.57 Å². The van der Waals surface area contributed by atoms with E-state index in [2.05, 4.69) is 27.9 Å². The number of methoxy groups -OCH3 is 3. The maximum Gasteiger partial charge on any atom is 0.255 e. The van der Waals surface area contributed by atoms with Gasteiger partial charge in [0.1, 0.15) is 13.2 Å². The molecule has 34 heavy (non-hydrogen) atoms. The molecule has 0 spiro atoms. The van der Waals surface area contributed by atoms with Crippen LogP contribution in [0.3, 0.4) is 0 Å². The van der Waals surface area contributed by atoms with E-state index in [4.69, 9.17) is 23.7 Å². The smallest absolute Gasteiger partial charge is 0.255 e. The second-order valence-electron chi connectivity index (χ2n) is 7.22. The lowest BCUT2D eigenvalue weighted by Gasteiger charge is -2.21. The first-order valence-electron chi connectivity index (χ1n) is 10.3. The molecular formula is C25H22INO7. The molecule has 1 aliphatic rings. The molecule has 9 heteroatoms. The number of ketones is 1. The van der Waals surface area contributed by atoms with E-state index in [1.165, 1.54) is 33.5 Å². The first-order chi connectivity index (χ1) is 16.5. The summed E-state index contributed by atoms with van der Waals surface area (Å²) in [4.78, 5) is 26.7. The van der Waals surface area contributed by atoms with Crippen LogP contribution >= 0.6 is 22.6 Å². The highest BCUT2D eigenvalue weighted by Gasteiger charge is 2.24. The number of benzene rings is 3. The van der Waals surface area contributed by atoms with E-state index in [1.807, 2.05) is 12.1 Å². The van der Waals surface area contributed by atoms with E-state index in [-0.39, 0.29) is 16.9 Å². The van der Waals surface area contributed by atoms with Crippen LogP contribution in [-0.4, -0.2) is 46.2 Å². The Morgan fingerprint density at radius 2 is 1.47 bits per heavy atom. The fraction of sp³-hybridized carbons (Fsp3) is 0.200. The zero-order chi connectivity index (χ0) is 24.2. The maximum absolute atomic E-state index is 13.5. The number of ether oxygens (including phenoxy) is 5. The topological polar surface area (TPSA) is 92.3 Å². The summed E-state index contributed by atoms with van der Waals surface area (Å²) < 4.78 is 28.2. The molecular weight excluding hydrogens is 553 g/mol. The number of nitrogens with one attached hydrogen (secondary N) is 1. The van der Waals surface area contributed by atoms with Gasteiger partial charge in [-0.2, -0.15) is 0 Å². The molecule has 1 heterocycles. The molecule has 0 saturated carbocycles. The summed E-state index contributed by atoms with van der Waals surface area (Å²) in [6.07, 6.45) is 0. The van der Waals surface area contributed by atoms with E-state index >= 15 is 0 Å². The Morgan fingerprint density at radius 3 is 2.06 bits per heavy atom. The van der Waals surface area contributed by atoms with Crippen LogP contribution in [0.1, 0.15) is 26.3 Å². The van der Waals surface area contributed by atoms with Crippen LogP contribution in [0.2, 0.25) is 0 Å². The first kappa shape index (κ1) is 23.7. The molecule has 0 aliphatic carbocycles. The molecule has 4 rings (SSSR count). The van der Waals surface area contributed by atoms with Crippen molar-refractivity contribution in [3.63, 3.8) is 0 Å². The fourth-order valence-electron chi connectivity index (χ4n) is 3.58. The molecule has 1 amide bonds. The predicted octanol–water partition coefficient (Wildman–Crippen LogP) is 4.57. The van der Waals surface area contributed by atoms with Gasteiger partial charge in [0.15, 0.2) is 28.8 Å². The number of halogens is 1. The molecule has 0 fully saturated rings. The number of amides is 1. The third-order valence-electron chi connectivity index (χ3n) is 5.22. The van der Waals surface area contributed by atoms with Gasteiger partial charge in [-0.3, -0.25) is 9.59 Å².